The van der Waals surface area contributed by atoms with Crippen LogP contribution in [0.4, 0.5) is 25.1 Å². The first kappa shape index (κ1) is 26.9. The van der Waals surface area contributed by atoms with Crippen molar-refractivity contribution in [3.8, 4) is 17.1 Å². The van der Waals surface area contributed by atoms with Crippen LogP contribution in [0.1, 0.15) is 53.7 Å². The van der Waals surface area contributed by atoms with Gasteiger partial charge in [0.15, 0.2) is 11.4 Å². The predicted octanol–water partition coefficient (Wildman–Crippen LogP) is 5.16. The lowest BCUT2D eigenvalue weighted by Gasteiger charge is -2.19. The first-order valence-corrected chi connectivity index (χ1v) is 11.3. The van der Waals surface area contributed by atoms with Crippen LogP contribution in [-0.2, 0) is 4.74 Å². The first-order chi connectivity index (χ1) is 18.4. The van der Waals surface area contributed by atoms with Gasteiger partial charge < -0.3 is 19.6 Å². The van der Waals surface area contributed by atoms with Gasteiger partial charge >= 0.3 is 12.1 Å². The van der Waals surface area contributed by atoms with Crippen LogP contribution >= 0.6 is 0 Å². The van der Waals surface area contributed by atoms with Crippen LogP contribution in [0.15, 0.2) is 59.5 Å². The van der Waals surface area contributed by atoms with Crippen molar-refractivity contribution in [1.29, 1.82) is 0 Å². The number of amides is 2. The molecule has 0 aliphatic heterocycles. The Hall–Kier alpha value is -5.14. The lowest BCUT2D eigenvalue weighted by molar-refractivity contribution is 0.0633. The van der Waals surface area contributed by atoms with Crippen molar-refractivity contribution in [2.45, 2.75) is 32.8 Å². The number of carbonyl (C=O) groups is 3. The molecular weight excluding hydrogens is 518 g/mol. The van der Waals surface area contributed by atoms with Gasteiger partial charge in [-0.15, -0.1) is 0 Å². The van der Waals surface area contributed by atoms with Crippen LogP contribution in [0.5, 0.6) is 0 Å². The molecule has 0 atom stereocenters. The molecule has 0 fully saturated rings. The molecule has 0 radical (unpaired) electrons. The number of carboxylic acids is 1. The highest BCUT2D eigenvalue weighted by Gasteiger charge is 2.23. The molecule has 0 aliphatic rings. The summed E-state index contributed by atoms with van der Waals surface area (Å²) in [6, 6.07) is 8.35. The third kappa shape index (κ3) is 6.60. The number of halogens is 2. The minimum Gasteiger partial charge on any atom is -0.478 e. The maximum absolute atomic E-state index is 13.6. The van der Waals surface area contributed by atoms with Crippen LogP contribution in [0.3, 0.4) is 0 Å². The van der Waals surface area contributed by atoms with Gasteiger partial charge in [0.05, 0.1) is 23.1 Å². The Balaban J connectivity index is 1.51. The maximum atomic E-state index is 13.6. The van der Waals surface area contributed by atoms with E-state index in [-0.39, 0.29) is 28.7 Å². The number of anilines is 2. The Bertz CT molecular complexity index is 1520. The van der Waals surface area contributed by atoms with E-state index >= 15 is 0 Å². The molecule has 3 N–H and O–H groups in total. The summed E-state index contributed by atoms with van der Waals surface area (Å²) in [5.74, 6) is -1.82. The normalized spacial score (nSPS) is 11.3. The van der Waals surface area contributed by atoms with Crippen molar-refractivity contribution in [1.82, 2.24) is 19.7 Å². The van der Waals surface area contributed by atoms with Gasteiger partial charge in [-0.05, 0) is 57.2 Å². The summed E-state index contributed by atoms with van der Waals surface area (Å²) < 4.78 is 38.9. The number of carbonyl (C=O) groups excluding carboxylic acids is 2. The number of oxazole rings is 1. The molecule has 0 bridgehead atoms. The smallest absolute Gasteiger partial charge is 0.413 e. The van der Waals surface area contributed by atoms with E-state index in [1.807, 2.05) is 0 Å². The van der Waals surface area contributed by atoms with Gasteiger partial charge in [0, 0.05) is 11.8 Å². The Morgan fingerprint density at radius 1 is 1.10 bits per heavy atom. The van der Waals surface area contributed by atoms with Crippen LogP contribution in [-0.4, -0.2) is 48.4 Å². The molecule has 12 nitrogen and oxygen atoms in total. The standard InChI is InChI=1S/C25H22F2N6O6/c1-25(2,3)39-24(37)31-18-10-14(8-9-28-18)22-30-17(12-38-22)21(34)29-16-11-33(32-19(16)20(26)27)15-6-4-13(5-7-15)23(35)36/h4-12,20H,1-3H3,(H,29,34)(H,35,36)(H,28,31,37). The second-order valence-corrected chi connectivity index (χ2v) is 9.07. The van der Waals surface area contributed by atoms with Crippen LogP contribution in [0, 0.1) is 0 Å². The fraction of sp³-hybridized carbons (Fsp3) is 0.200. The third-order valence-corrected chi connectivity index (χ3v) is 4.95. The zero-order valence-electron chi connectivity index (χ0n) is 20.8. The van der Waals surface area contributed by atoms with Gasteiger partial charge in [0.1, 0.15) is 17.7 Å². The van der Waals surface area contributed by atoms with Gasteiger partial charge in [0.25, 0.3) is 12.3 Å². The van der Waals surface area contributed by atoms with Gasteiger partial charge in [-0.2, -0.15) is 5.10 Å². The SMILES string of the molecule is CC(C)(C)OC(=O)Nc1cc(-c2nc(C(=O)Nc3cn(-c4ccc(C(=O)O)cc4)nc3C(F)F)co2)ccn1. The van der Waals surface area contributed by atoms with E-state index in [1.54, 1.807) is 20.8 Å². The minimum absolute atomic E-state index is 0.0114. The van der Waals surface area contributed by atoms with Crippen molar-refractivity contribution in [2.75, 3.05) is 10.6 Å². The number of hydrogen-bond acceptors (Lipinski definition) is 8. The van der Waals surface area contributed by atoms with Gasteiger partial charge in [0.2, 0.25) is 5.89 Å². The number of aromatic nitrogens is 4. The molecule has 3 aromatic heterocycles. The van der Waals surface area contributed by atoms with Gasteiger partial charge in [-0.3, -0.25) is 10.1 Å². The highest BCUT2D eigenvalue weighted by molar-refractivity contribution is 6.03. The van der Waals surface area contributed by atoms with Crippen molar-refractivity contribution >= 4 is 29.5 Å². The average molecular weight is 540 g/mol. The first-order valence-electron chi connectivity index (χ1n) is 11.3. The molecule has 1 aromatic carbocycles. The van der Waals surface area contributed by atoms with E-state index < -0.39 is 35.7 Å². The van der Waals surface area contributed by atoms with E-state index in [0.29, 0.717) is 11.3 Å². The molecule has 0 saturated carbocycles. The second-order valence-electron chi connectivity index (χ2n) is 9.07. The van der Waals surface area contributed by atoms with Crippen molar-refractivity contribution in [3.63, 3.8) is 0 Å². The summed E-state index contributed by atoms with van der Waals surface area (Å²) >= 11 is 0. The highest BCUT2D eigenvalue weighted by atomic mass is 19.3. The Morgan fingerprint density at radius 3 is 2.46 bits per heavy atom. The van der Waals surface area contributed by atoms with Gasteiger partial charge in [-0.1, -0.05) is 0 Å². The Morgan fingerprint density at radius 2 is 1.82 bits per heavy atom. The topological polar surface area (TPSA) is 161 Å². The number of alkyl halides is 2. The quantitative estimate of drug-likeness (QED) is 0.288. The molecule has 0 spiro atoms. The molecule has 39 heavy (non-hydrogen) atoms. The summed E-state index contributed by atoms with van der Waals surface area (Å²) in [7, 11) is 0. The molecule has 4 rings (SSSR count). The highest BCUT2D eigenvalue weighted by Crippen LogP contribution is 2.28. The summed E-state index contributed by atoms with van der Waals surface area (Å²) in [6.07, 6.45) is -0.122. The number of pyridine rings is 1. The average Bonchev–Trinajstić information content (AvgIpc) is 3.51. The fourth-order valence-corrected chi connectivity index (χ4v) is 3.27. The largest absolute Gasteiger partial charge is 0.478 e. The number of nitrogens with zero attached hydrogens (tertiary/aromatic N) is 4. The van der Waals surface area contributed by atoms with Crippen molar-refractivity contribution in [2.24, 2.45) is 0 Å². The molecule has 4 aromatic rings. The summed E-state index contributed by atoms with van der Waals surface area (Å²) in [5, 5.41) is 17.7. The van der Waals surface area contributed by atoms with E-state index in [9.17, 15) is 23.2 Å². The van der Waals surface area contributed by atoms with Gasteiger partial charge in [-0.25, -0.2) is 33.0 Å². The number of hydrogen-bond donors (Lipinski definition) is 3. The Labute approximate surface area is 219 Å². The Kier molecular flexibility index (Phi) is 7.38. The number of benzene rings is 1. The molecule has 2 amide bonds. The molecule has 3 heterocycles. The lowest BCUT2D eigenvalue weighted by Crippen LogP contribution is -2.27. The zero-order valence-corrected chi connectivity index (χ0v) is 20.8. The maximum Gasteiger partial charge on any atom is 0.413 e. The molecule has 0 aliphatic carbocycles. The van der Waals surface area contributed by atoms with Crippen molar-refractivity contribution < 1.29 is 37.4 Å². The number of aromatic carboxylic acids is 1. The zero-order chi connectivity index (χ0) is 28.3. The monoisotopic (exact) mass is 540 g/mol. The summed E-state index contributed by atoms with van der Waals surface area (Å²) in [4.78, 5) is 44.0. The lowest BCUT2D eigenvalue weighted by atomic mass is 10.2. The molecule has 14 heteroatoms. The second kappa shape index (κ2) is 10.7. The fourth-order valence-electron chi connectivity index (χ4n) is 3.27. The summed E-state index contributed by atoms with van der Waals surface area (Å²) in [6.45, 7) is 5.14. The van der Waals surface area contributed by atoms with E-state index in [1.165, 1.54) is 48.8 Å². The number of rotatable bonds is 7. The van der Waals surface area contributed by atoms with Crippen LogP contribution < -0.4 is 10.6 Å². The van der Waals surface area contributed by atoms with E-state index in [4.69, 9.17) is 14.3 Å². The molecule has 0 saturated heterocycles. The molecular formula is C25H22F2N6O6. The molecule has 202 valence electrons. The number of carboxylic acid groups (broad SMARTS) is 1. The minimum atomic E-state index is -3.01. The van der Waals surface area contributed by atoms with Crippen LogP contribution in [0.2, 0.25) is 0 Å². The predicted molar refractivity (Wildman–Crippen MR) is 133 cm³/mol. The van der Waals surface area contributed by atoms with E-state index in [0.717, 1.165) is 10.9 Å². The number of ether oxygens (including phenoxy) is 1. The van der Waals surface area contributed by atoms with E-state index in [2.05, 4.69) is 25.7 Å². The summed E-state index contributed by atoms with van der Waals surface area (Å²) in [5.41, 5.74) is -1.19. The van der Waals surface area contributed by atoms with Crippen LogP contribution in [0.25, 0.3) is 17.1 Å². The van der Waals surface area contributed by atoms with Crippen molar-refractivity contribution in [3.05, 3.63) is 72.0 Å². The third-order valence-electron chi connectivity index (χ3n) is 4.95. The number of nitrogens with one attached hydrogen (secondary N) is 2. The molecule has 0 unspecified atom stereocenters.